The normalized spacial score (nSPS) is 16.6. The molecule has 6 heteroatoms. The Labute approximate surface area is 166 Å². The lowest BCUT2D eigenvalue weighted by Gasteiger charge is -2.32. The Bertz CT molecular complexity index is 781. The van der Waals surface area contributed by atoms with Gasteiger partial charge in [0.2, 0.25) is 11.8 Å². The molecule has 1 aliphatic rings. The molecule has 5 nitrogen and oxygen atoms in total. The standard InChI is InChI=1S/C21H27N3O2.ClH/c22-11-12-23-21(26)19-6-3-13-24(15-19)20(25)10-8-16-7-9-17-4-1-2-5-18(17)14-16;/h1-2,4-5,7,9,14,19H,3,6,8,10-13,15,22H2,(H,23,26);1H. The monoisotopic (exact) mass is 389 g/mol. The molecule has 2 amide bonds. The van der Waals surface area contributed by atoms with E-state index in [1.807, 2.05) is 17.0 Å². The first-order valence-corrected chi connectivity index (χ1v) is 9.40. The maximum absolute atomic E-state index is 12.6. The zero-order valence-electron chi connectivity index (χ0n) is 15.5. The van der Waals surface area contributed by atoms with Gasteiger partial charge in [0.1, 0.15) is 0 Å². The number of likely N-dealkylation sites (tertiary alicyclic amines) is 1. The average molecular weight is 390 g/mol. The third-order valence-electron chi connectivity index (χ3n) is 5.03. The summed E-state index contributed by atoms with van der Waals surface area (Å²) in [5.41, 5.74) is 6.60. The number of nitrogens with one attached hydrogen (secondary N) is 1. The van der Waals surface area contributed by atoms with Crippen molar-refractivity contribution in [2.75, 3.05) is 26.2 Å². The highest BCUT2D eigenvalue weighted by molar-refractivity contribution is 5.85. The second kappa shape index (κ2) is 10.3. The van der Waals surface area contributed by atoms with Crippen molar-refractivity contribution in [3.8, 4) is 0 Å². The van der Waals surface area contributed by atoms with Crippen LogP contribution in [-0.4, -0.2) is 42.9 Å². The van der Waals surface area contributed by atoms with Crippen LogP contribution >= 0.6 is 12.4 Å². The van der Waals surface area contributed by atoms with Crippen LogP contribution in [0, 0.1) is 5.92 Å². The highest BCUT2D eigenvalue weighted by Crippen LogP contribution is 2.19. The Morgan fingerprint density at radius 1 is 1.15 bits per heavy atom. The van der Waals surface area contributed by atoms with E-state index in [4.69, 9.17) is 5.73 Å². The van der Waals surface area contributed by atoms with Gasteiger partial charge in [0.05, 0.1) is 5.92 Å². The van der Waals surface area contributed by atoms with Crippen LogP contribution in [0.2, 0.25) is 0 Å². The van der Waals surface area contributed by atoms with Crippen LogP contribution in [0.5, 0.6) is 0 Å². The number of amides is 2. The Hall–Kier alpha value is -2.11. The van der Waals surface area contributed by atoms with E-state index in [1.54, 1.807) is 0 Å². The molecular formula is C21H28ClN3O2. The Kier molecular flexibility index (Phi) is 8.07. The van der Waals surface area contributed by atoms with E-state index in [2.05, 4.69) is 35.6 Å². The van der Waals surface area contributed by atoms with Crippen LogP contribution in [0.1, 0.15) is 24.8 Å². The van der Waals surface area contributed by atoms with Crippen LogP contribution in [0.15, 0.2) is 42.5 Å². The second-order valence-corrected chi connectivity index (χ2v) is 6.94. The van der Waals surface area contributed by atoms with E-state index >= 15 is 0 Å². The molecule has 1 saturated heterocycles. The van der Waals surface area contributed by atoms with Crippen molar-refractivity contribution in [2.24, 2.45) is 11.7 Å². The zero-order valence-corrected chi connectivity index (χ0v) is 16.3. The fourth-order valence-corrected chi connectivity index (χ4v) is 3.56. The number of aryl methyl sites for hydroxylation is 1. The molecule has 2 aromatic rings. The Morgan fingerprint density at radius 3 is 2.70 bits per heavy atom. The summed E-state index contributed by atoms with van der Waals surface area (Å²) in [7, 11) is 0. The van der Waals surface area contributed by atoms with Crippen LogP contribution in [0.4, 0.5) is 0 Å². The predicted octanol–water partition coefficient (Wildman–Crippen LogP) is 2.51. The molecule has 1 heterocycles. The van der Waals surface area contributed by atoms with Gasteiger partial charge in [-0.05, 0) is 35.6 Å². The van der Waals surface area contributed by atoms with E-state index in [0.717, 1.165) is 25.8 Å². The molecule has 1 aliphatic heterocycles. The number of hydrogen-bond acceptors (Lipinski definition) is 3. The second-order valence-electron chi connectivity index (χ2n) is 6.94. The number of nitrogens with zero attached hydrogens (tertiary/aromatic N) is 1. The number of carbonyl (C=O) groups is 2. The molecule has 0 saturated carbocycles. The van der Waals surface area contributed by atoms with Crippen molar-refractivity contribution in [1.82, 2.24) is 10.2 Å². The van der Waals surface area contributed by atoms with E-state index in [1.165, 1.54) is 16.3 Å². The average Bonchev–Trinajstić information content (AvgIpc) is 2.70. The SMILES string of the molecule is Cl.NCCNC(=O)C1CCCN(C(=O)CCc2ccc3ccccc3c2)C1. The van der Waals surface area contributed by atoms with Gasteiger partial charge in [0, 0.05) is 32.6 Å². The molecule has 0 aliphatic carbocycles. The van der Waals surface area contributed by atoms with Gasteiger partial charge in [0.25, 0.3) is 0 Å². The minimum absolute atomic E-state index is 0. The lowest BCUT2D eigenvalue weighted by molar-refractivity contribution is -0.135. The molecule has 27 heavy (non-hydrogen) atoms. The first-order chi connectivity index (χ1) is 12.7. The Balaban J connectivity index is 0.00000261. The molecule has 3 N–H and O–H groups in total. The lowest BCUT2D eigenvalue weighted by atomic mass is 9.96. The van der Waals surface area contributed by atoms with Gasteiger partial charge in [0.15, 0.2) is 0 Å². The maximum Gasteiger partial charge on any atom is 0.224 e. The fourth-order valence-electron chi connectivity index (χ4n) is 3.56. The lowest BCUT2D eigenvalue weighted by Crippen LogP contribution is -2.46. The number of halogens is 1. The third-order valence-corrected chi connectivity index (χ3v) is 5.03. The van der Waals surface area contributed by atoms with Crippen molar-refractivity contribution in [2.45, 2.75) is 25.7 Å². The van der Waals surface area contributed by atoms with Gasteiger partial charge in [-0.15, -0.1) is 12.4 Å². The molecule has 0 spiro atoms. The first-order valence-electron chi connectivity index (χ1n) is 9.40. The summed E-state index contributed by atoms with van der Waals surface area (Å²) < 4.78 is 0. The van der Waals surface area contributed by atoms with Crippen LogP contribution in [-0.2, 0) is 16.0 Å². The summed E-state index contributed by atoms with van der Waals surface area (Å²) in [6.45, 7) is 2.20. The van der Waals surface area contributed by atoms with Crippen molar-refractivity contribution < 1.29 is 9.59 Å². The van der Waals surface area contributed by atoms with Crippen molar-refractivity contribution >= 4 is 35.0 Å². The fraction of sp³-hybridized carbons (Fsp3) is 0.429. The van der Waals surface area contributed by atoms with Gasteiger partial charge in [-0.25, -0.2) is 0 Å². The molecule has 0 bridgehead atoms. The maximum atomic E-state index is 12.6. The number of rotatable bonds is 6. The van der Waals surface area contributed by atoms with Crippen molar-refractivity contribution in [1.29, 1.82) is 0 Å². The molecule has 1 atom stereocenters. The third kappa shape index (κ3) is 5.68. The summed E-state index contributed by atoms with van der Waals surface area (Å²) in [5.74, 6) is 0.0388. The smallest absolute Gasteiger partial charge is 0.224 e. The zero-order chi connectivity index (χ0) is 18.4. The van der Waals surface area contributed by atoms with Crippen LogP contribution in [0.25, 0.3) is 10.8 Å². The van der Waals surface area contributed by atoms with Gasteiger partial charge in [-0.2, -0.15) is 0 Å². The molecule has 2 aromatic carbocycles. The molecule has 146 valence electrons. The first kappa shape index (κ1) is 21.2. The van der Waals surface area contributed by atoms with Crippen molar-refractivity contribution in [3.05, 3.63) is 48.0 Å². The topological polar surface area (TPSA) is 75.4 Å². The van der Waals surface area contributed by atoms with Gasteiger partial charge in [-0.1, -0.05) is 42.5 Å². The summed E-state index contributed by atoms with van der Waals surface area (Å²) in [5, 5.41) is 5.25. The van der Waals surface area contributed by atoms with E-state index < -0.39 is 0 Å². The minimum atomic E-state index is -0.111. The largest absolute Gasteiger partial charge is 0.355 e. The number of nitrogens with two attached hydrogens (primary N) is 1. The van der Waals surface area contributed by atoms with Gasteiger partial charge >= 0.3 is 0 Å². The highest BCUT2D eigenvalue weighted by atomic mass is 35.5. The van der Waals surface area contributed by atoms with E-state index in [9.17, 15) is 9.59 Å². The highest BCUT2D eigenvalue weighted by Gasteiger charge is 2.27. The molecule has 1 unspecified atom stereocenters. The number of benzene rings is 2. The summed E-state index contributed by atoms with van der Waals surface area (Å²) in [6.07, 6.45) is 2.92. The summed E-state index contributed by atoms with van der Waals surface area (Å²) in [4.78, 5) is 26.6. The number of carbonyl (C=O) groups excluding carboxylic acids is 2. The van der Waals surface area contributed by atoms with E-state index in [-0.39, 0.29) is 30.1 Å². The number of hydrogen-bond donors (Lipinski definition) is 2. The van der Waals surface area contributed by atoms with Crippen LogP contribution < -0.4 is 11.1 Å². The quantitative estimate of drug-likeness (QED) is 0.797. The minimum Gasteiger partial charge on any atom is -0.355 e. The number of fused-ring (bicyclic) bond motifs is 1. The summed E-state index contributed by atoms with van der Waals surface area (Å²) >= 11 is 0. The molecule has 3 rings (SSSR count). The molecular weight excluding hydrogens is 362 g/mol. The van der Waals surface area contributed by atoms with Gasteiger partial charge < -0.3 is 16.0 Å². The van der Waals surface area contributed by atoms with Gasteiger partial charge in [-0.3, -0.25) is 9.59 Å². The molecule has 0 radical (unpaired) electrons. The number of piperidine rings is 1. The van der Waals surface area contributed by atoms with E-state index in [0.29, 0.717) is 26.1 Å². The molecule has 0 aromatic heterocycles. The van der Waals surface area contributed by atoms with Crippen molar-refractivity contribution in [3.63, 3.8) is 0 Å². The van der Waals surface area contributed by atoms with Crippen LogP contribution in [0.3, 0.4) is 0 Å². The Morgan fingerprint density at radius 2 is 1.93 bits per heavy atom. The summed E-state index contributed by atoms with van der Waals surface area (Å²) in [6, 6.07) is 14.6. The molecule has 1 fully saturated rings. The predicted molar refractivity (Wildman–Crippen MR) is 111 cm³/mol.